The number of fused-ring (bicyclic) bond motifs is 1. The van der Waals surface area contributed by atoms with Gasteiger partial charge in [0.05, 0.1) is 17.1 Å². The summed E-state index contributed by atoms with van der Waals surface area (Å²) in [6.45, 7) is 7.34. The molecule has 0 saturated carbocycles. The van der Waals surface area contributed by atoms with Crippen LogP contribution < -0.4 is 5.73 Å². The van der Waals surface area contributed by atoms with E-state index in [0.717, 1.165) is 42.5 Å². The van der Waals surface area contributed by atoms with Crippen molar-refractivity contribution < 1.29 is 4.79 Å². The molecule has 0 spiro atoms. The molecule has 0 aliphatic carbocycles. The number of aryl methyl sites for hydroxylation is 1. The average Bonchev–Trinajstić information content (AvgIpc) is 2.97. The largest absolute Gasteiger partial charge is 0.334 e. The normalized spacial score (nSPS) is 17.3. The van der Waals surface area contributed by atoms with Gasteiger partial charge in [0, 0.05) is 30.9 Å². The fourth-order valence-electron chi connectivity index (χ4n) is 3.37. The van der Waals surface area contributed by atoms with Crippen molar-refractivity contribution >= 4 is 41.8 Å². The molecule has 0 aromatic carbocycles. The molecule has 1 saturated heterocycles. The third kappa shape index (κ3) is 4.07. The minimum absolute atomic E-state index is 0. The first-order valence-corrected chi connectivity index (χ1v) is 8.38. The van der Waals surface area contributed by atoms with E-state index in [1.54, 1.807) is 6.20 Å². The van der Waals surface area contributed by atoms with Crippen molar-refractivity contribution in [2.45, 2.75) is 52.1 Å². The van der Waals surface area contributed by atoms with Crippen LogP contribution in [0.15, 0.2) is 12.3 Å². The van der Waals surface area contributed by atoms with Gasteiger partial charge in [-0.05, 0) is 46.1 Å². The van der Waals surface area contributed by atoms with Crippen molar-refractivity contribution in [3.63, 3.8) is 0 Å². The molecule has 1 atom stereocenters. The minimum atomic E-state index is 0. The summed E-state index contributed by atoms with van der Waals surface area (Å²) in [5.41, 5.74) is 8.19. The topological polar surface area (TPSA) is 77.0 Å². The maximum Gasteiger partial charge on any atom is 0.255 e. The van der Waals surface area contributed by atoms with Crippen molar-refractivity contribution in [2.75, 3.05) is 13.1 Å². The van der Waals surface area contributed by atoms with Gasteiger partial charge < -0.3 is 10.6 Å². The molecule has 1 unspecified atom stereocenters. The number of likely N-dealkylation sites (tertiary alicyclic amines) is 1. The van der Waals surface area contributed by atoms with Crippen LogP contribution >= 0.6 is 24.8 Å². The zero-order valence-electron chi connectivity index (χ0n) is 14.9. The predicted molar refractivity (Wildman–Crippen MR) is 105 cm³/mol. The molecule has 2 aromatic heterocycles. The lowest BCUT2D eigenvalue weighted by Crippen LogP contribution is -2.47. The lowest BCUT2D eigenvalue weighted by atomic mass is 10.00. The van der Waals surface area contributed by atoms with Crippen molar-refractivity contribution in [1.82, 2.24) is 19.7 Å². The molecule has 1 aliphatic rings. The van der Waals surface area contributed by atoms with Crippen LogP contribution in [0.4, 0.5) is 0 Å². The highest BCUT2D eigenvalue weighted by Gasteiger charge is 2.28. The summed E-state index contributed by atoms with van der Waals surface area (Å²) in [6.07, 6.45) is 4.93. The molecule has 3 heterocycles. The van der Waals surface area contributed by atoms with Crippen LogP contribution in [-0.4, -0.2) is 44.7 Å². The number of hydrogen-bond donors (Lipinski definition) is 1. The van der Waals surface area contributed by atoms with Crippen LogP contribution in [0.1, 0.15) is 55.2 Å². The highest BCUT2D eigenvalue weighted by Crippen LogP contribution is 2.25. The second kappa shape index (κ2) is 8.83. The number of hydrogen-bond acceptors (Lipinski definition) is 4. The number of rotatable bonds is 3. The third-order valence-electron chi connectivity index (χ3n) is 4.57. The molecule has 0 radical (unpaired) electrons. The second-order valence-corrected chi connectivity index (χ2v) is 6.62. The number of carbonyl (C=O) groups is 1. The summed E-state index contributed by atoms with van der Waals surface area (Å²) < 4.78 is 1.87. The standard InChI is InChI=1S/C17H25N5O.2ClH/c1-11(2)22-16-15(10-19-22)14(8-12(3)20-16)17(23)21-7-5-4-6-13(21)9-18;;/h8,10-11,13H,4-7,9,18H2,1-3H3;2*1H. The molecule has 1 amide bonds. The SMILES string of the molecule is Cc1cc(C(=O)N2CCCCC2CN)c2cnn(C(C)C)c2n1.Cl.Cl. The molecule has 140 valence electrons. The van der Waals surface area contributed by atoms with E-state index < -0.39 is 0 Å². The van der Waals surface area contributed by atoms with Gasteiger partial charge in [-0.3, -0.25) is 4.79 Å². The maximum atomic E-state index is 13.1. The fraction of sp³-hybridized carbons (Fsp3) is 0.588. The molecule has 2 aromatic rings. The van der Waals surface area contributed by atoms with Gasteiger partial charge in [0.1, 0.15) is 0 Å². The number of halogens is 2. The van der Waals surface area contributed by atoms with Gasteiger partial charge in [-0.2, -0.15) is 5.10 Å². The Kier molecular flexibility index (Phi) is 7.65. The summed E-state index contributed by atoms with van der Waals surface area (Å²) in [5, 5.41) is 5.25. The Labute approximate surface area is 161 Å². The zero-order chi connectivity index (χ0) is 16.6. The van der Waals surface area contributed by atoms with Gasteiger partial charge in [-0.15, -0.1) is 24.8 Å². The molecule has 1 fully saturated rings. The van der Waals surface area contributed by atoms with Gasteiger partial charge in [-0.1, -0.05) is 0 Å². The average molecular weight is 388 g/mol. The van der Waals surface area contributed by atoms with E-state index in [0.29, 0.717) is 12.1 Å². The molecule has 2 N–H and O–H groups in total. The Hall–Kier alpha value is -1.37. The van der Waals surface area contributed by atoms with Crippen LogP contribution in [0.2, 0.25) is 0 Å². The van der Waals surface area contributed by atoms with E-state index >= 15 is 0 Å². The first-order chi connectivity index (χ1) is 11.0. The van der Waals surface area contributed by atoms with Crippen molar-refractivity contribution in [3.8, 4) is 0 Å². The summed E-state index contributed by atoms with van der Waals surface area (Å²) in [7, 11) is 0. The van der Waals surface area contributed by atoms with Crippen LogP contribution in [0.5, 0.6) is 0 Å². The zero-order valence-corrected chi connectivity index (χ0v) is 16.6. The molecule has 3 rings (SSSR count). The Morgan fingerprint density at radius 2 is 2.08 bits per heavy atom. The first-order valence-electron chi connectivity index (χ1n) is 8.38. The van der Waals surface area contributed by atoms with E-state index in [-0.39, 0.29) is 42.8 Å². The Morgan fingerprint density at radius 3 is 2.72 bits per heavy atom. The highest BCUT2D eigenvalue weighted by molar-refractivity contribution is 6.05. The molecule has 0 bridgehead atoms. The van der Waals surface area contributed by atoms with E-state index in [2.05, 4.69) is 23.9 Å². The van der Waals surface area contributed by atoms with Gasteiger partial charge >= 0.3 is 0 Å². The Balaban J connectivity index is 0.00000156. The number of nitrogens with zero attached hydrogens (tertiary/aromatic N) is 4. The summed E-state index contributed by atoms with van der Waals surface area (Å²) >= 11 is 0. The van der Waals surface area contributed by atoms with Crippen molar-refractivity contribution in [2.24, 2.45) is 5.73 Å². The van der Waals surface area contributed by atoms with Crippen LogP contribution in [0, 0.1) is 6.92 Å². The molecule has 1 aliphatic heterocycles. The number of carbonyl (C=O) groups excluding carboxylic acids is 1. The van der Waals surface area contributed by atoms with Gasteiger partial charge in [0.15, 0.2) is 5.65 Å². The summed E-state index contributed by atoms with van der Waals surface area (Å²) in [5.74, 6) is 0.0546. The molecule has 8 heteroatoms. The quantitative estimate of drug-likeness (QED) is 0.877. The number of amides is 1. The van der Waals surface area contributed by atoms with Crippen molar-refractivity contribution in [1.29, 1.82) is 0 Å². The van der Waals surface area contributed by atoms with Crippen LogP contribution in [0.3, 0.4) is 0 Å². The fourth-order valence-corrected chi connectivity index (χ4v) is 3.37. The Morgan fingerprint density at radius 1 is 1.36 bits per heavy atom. The van der Waals surface area contributed by atoms with Crippen LogP contribution in [0.25, 0.3) is 11.0 Å². The predicted octanol–water partition coefficient (Wildman–Crippen LogP) is 3.12. The molecule has 6 nitrogen and oxygen atoms in total. The van der Waals surface area contributed by atoms with Crippen molar-refractivity contribution in [3.05, 3.63) is 23.5 Å². The van der Waals surface area contributed by atoms with Gasteiger partial charge in [0.25, 0.3) is 5.91 Å². The molecule has 25 heavy (non-hydrogen) atoms. The third-order valence-corrected chi connectivity index (χ3v) is 4.57. The highest BCUT2D eigenvalue weighted by atomic mass is 35.5. The van der Waals surface area contributed by atoms with E-state index in [4.69, 9.17) is 5.73 Å². The maximum absolute atomic E-state index is 13.1. The van der Waals surface area contributed by atoms with Crippen LogP contribution in [-0.2, 0) is 0 Å². The minimum Gasteiger partial charge on any atom is -0.334 e. The monoisotopic (exact) mass is 387 g/mol. The molecular formula is C17H27Cl2N5O. The smallest absolute Gasteiger partial charge is 0.255 e. The number of pyridine rings is 1. The van der Waals surface area contributed by atoms with E-state index in [9.17, 15) is 4.79 Å². The summed E-state index contributed by atoms with van der Waals surface area (Å²) in [6, 6.07) is 2.22. The lowest BCUT2D eigenvalue weighted by molar-refractivity contribution is 0.0625. The number of piperidine rings is 1. The Bertz CT molecular complexity index is 731. The first kappa shape index (κ1) is 21.7. The number of aromatic nitrogens is 3. The summed E-state index contributed by atoms with van der Waals surface area (Å²) in [4.78, 5) is 19.6. The molecular weight excluding hydrogens is 361 g/mol. The van der Waals surface area contributed by atoms with Gasteiger partial charge in [0.2, 0.25) is 0 Å². The lowest BCUT2D eigenvalue weighted by Gasteiger charge is -2.35. The van der Waals surface area contributed by atoms with E-state index in [1.165, 1.54) is 0 Å². The second-order valence-electron chi connectivity index (χ2n) is 6.62. The van der Waals surface area contributed by atoms with Gasteiger partial charge in [-0.25, -0.2) is 9.67 Å². The number of nitrogens with two attached hydrogens (primary N) is 1. The van der Waals surface area contributed by atoms with E-state index in [1.807, 2.05) is 22.6 Å².